The lowest BCUT2D eigenvalue weighted by Gasteiger charge is -2.17. The Kier molecular flexibility index (Phi) is 9.11. The summed E-state index contributed by atoms with van der Waals surface area (Å²) in [6.07, 6.45) is 0.884. The van der Waals surface area contributed by atoms with Crippen molar-refractivity contribution < 1.29 is 28.9 Å². The second-order valence-electron chi connectivity index (χ2n) is 9.32. The Morgan fingerprint density at radius 2 is 2.05 bits per heavy atom. The van der Waals surface area contributed by atoms with Crippen molar-refractivity contribution in [3.8, 4) is 0 Å². The van der Waals surface area contributed by atoms with E-state index in [-0.39, 0.29) is 50.0 Å². The Morgan fingerprint density at radius 3 is 2.75 bits per heavy atom. The second-order valence-corrected chi connectivity index (χ2v) is 9.32. The van der Waals surface area contributed by atoms with Crippen LogP contribution in [0.4, 0.5) is 5.82 Å². The van der Waals surface area contributed by atoms with E-state index in [1.54, 1.807) is 0 Å². The number of anilines is 1. The molecule has 2 fully saturated rings. The first-order valence-electron chi connectivity index (χ1n) is 12.5. The molecule has 2 aliphatic heterocycles. The Bertz CT molecular complexity index is 1480. The number of nitrogens with zero attached hydrogens (tertiary/aromatic N) is 6. The number of nitrogens with one attached hydrogen (secondary N) is 2. The van der Waals surface area contributed by atoms with Crippen LogP contribution in [0.15, 0.2) is 38.0 Å². The zero-order valence-electron chi connectivity index (χ0n) is 21.5. The molecular formula is C23H28N8O9. The summed E-state index contributed by atoms with van der Waals surface area (Å²) in [6, 6.07) is 0.675. The van der Waals surface area contributed by atoms with Crippen LogP contribution in [0.1, 0.15) is 50.1 Å². The summed E-state index contributed by atoms with van der Waals surface area (Å²) in [5, 5.41) is 15.3. The molecule has 2 aliphatic rings. The fourth-order valence-electron chi connectivity index (χ4n) is 4.42. The first kappa shape index (κ1) is 28.7. The average Bonchev–Trinajstić information content (AvgIpc) is 3.56. The molecule has 0 spiro atoms. The topological polar surface area (TPSA) is 233 Å². The maximum atomic E-state index is 12.3. The van der Waals surface area contributed by atoms with E-state index in [1.807, 2.05) is 0 Å². The zero-order valence-corrected chi connectivity index (χ0v) is 21.5. The number of aromatic nitrogens is 4. The third kappa shape index (κ3) is 6.81. The summed E-state index contributed by atoms with van der Waals surface area (Å²) in [7, 11) is 0. The zero-order chi connectivity index (χ0) is 28.8. The van der Waals surface area contributed by atoms with Crippen molar-refractivity contribution in [2.45, 2.75) is 69.7 Å². The highest BCUT2D eigenvalue weighted by Gasteiger charge is 2.37. The molecule has 2 aromatic rings. The second kappa shape index (κ2) is 12.7. The number of amides is 1. The SMILES string of the molecule is Cc1cn(C2CC(N=[N+]=[N-])C(COC(=O)CCC(=O)Nc3ccn(C4CCC(CO)O4)c(=O)n3)O2)c(=O)[nH]c1=O. The number of H-pyrrole nitrogens is 1. The van der Waals surface area contributed by atoms with Gasteiger partial charge in [0.2, 0.25) is 5.91 Å². The van der Waals surface area contributed by atoms with Crippen LogP contribution in [0, 0.1) is 6.92 Å². The van der Waals surface area contributed by atoms with Gasteiger partial charge in [0, 0.05) is 35.7 Å². The molecule has 214 valence electrons. The van der Waals surface area contributed by atoms with E-state index >= 15 is 0 Å². The quantitative estimate of drug-likeness (QED) is 0.152. The van der Waals surface area contributed by atoms with Gasteiger partial charge in [0.15, 0.2) is 0 Å². The van der Waals surface area contributed by atoms with Gasteiger partial charge in [-0.3, -0.25) is 28.5 Å². The van der Waals surface area contributed by atoms with Gasteiger partial charge in [-0.25, -0.2) is 9.59 Å². The van der Waals surface area contributed by atoms with E-state index in [4.69, 9.17) is 19.7 Å². The Morgan fingerprint density at radius 1 is 1.25 bits per heavy atom. The van der Waals surface area contributed by atoms with Crippen LogP contribution in [0.5, 0.6) is 0 Å². The van der Waals surface area contributed by atoms with Gasteiger partial charge in [-0.1, -0.05) is 5.11 Å². The lowest BCUT2D eigenvalue weighted by atomic mass is 10.1. The van der Waals surface area contributed by atoms with Gasteiger partial charge in [0.1, 0.15) is 31.0 Å². The number of rotatable bonds is 10. The molecule has 0 aliphatic carbocycles. The Balaban J connectivity index is 1.26. The van der Waals surface area contributed by atoms with Crippen molar-refractivity contribution in [1.82, 2.24) is 19.1 Å². The van der Waals surface area contributed by atoms with Crippen LogP contribution in [0.3, 0.4) is 0 Å². The predicted octanol–water partition coefficient (Wildman–Crippen LogP) is 0.000120. The van der Waals surface area contributed by atoms with E-state index in [1.165, 1.54) is 34.5 Å². The molecule has 0 bridgehead atoms. The third-order valence-corrected chi connectivity index (χ3v) is 6.52. The molecule has 0 radical (unpaired) electrons. The van der Waals surface area contributed by atoms with Gasteiger partial charge in [0.25, 0.3) is 5.56 Å². The van der Waals surface area contributed by atoms with Crippen LogP contribution in [0.25, 0.3) is 10.4 Å². The van der Waals surface area contributed by atoms with E-state index in [2.05, 4.69) is 25.3 Å². The summed E-state index contributed by atoms with van der Waals surface area (Å²) >= 11 is 0. The molecule has 40 heavy (non-hydrogen) atoms. The van der Waals surface area contributed by atoms with E-state index in [0.29, 0.717) is 12.8 Å². The maximum Gasteiger partial charge on any atom is 0.351 e. The smallest absolute Gasteiger partial charge is 0.351 e. The van der Waals surface area contributed by atoms with E-state index < -0.39 is 53.4 Å². The maximum absolute atomic E-state index is 12.3. The highest BCUT2D eigenvalue weighted by molar-refractivity contribution is 5.91. The number of ether oxygens (including phenoxy) is 3. The van der Waals surface area contributed by atoms with Crippen LogP contribution < -0.4 is 22.3 Å². The number of aromatic amines is 1. The van der Waals surface area contributed by atoms with Gasteiger partial charge >= 0.3 is 17.3 Å². The normalized spacial score (nSPS) is 23.9. The standard InChI is InChI=1S/C23H28N8O9/c1-12-9-31(23(37)27-21(12)35)19-8-14(28-29-24)15(40-19)11-38-20(34)5-3-17(33)25-16-6-7-30(22(36)26-16)18-4-2-13(10-32)39-18/h6-7,9,13-15,18-19,32H,2-5,8,10-11H2,1H3,(H,27,35,37)(H,25,26,33,36). The van der Waals surface area contributed by atoms with Crippen molar-refractivity contribution in [3.63, 3.8) is 0 Å². The molecule has 17 nitrogen and oxygen atoms in total. The van der Waals surface area contributed by atoms with Gasteiger partial charge in [-0.2, -0.15) is 4.98 Å². The van der Waals surface area contributed by atoms with Crippen LogP contribution in [-0.2, 0) is 23.8 Å². The molecule has 4 rings (SSSR count). The monoisotopic (exact) mass is 560 g/mol. The average molecular weight is 561 g/mol. The van der Waals surface area contributed by atoms with Gasteiger partial charge in [0.05, 0.1) is 25.2 Å². The summed E-state index contributed by atoms with van der Waals surface area (Å²) in [6.45, 7) is 1.08. The minimum Gasteiger partial charge on any atom is -0.463 e. The highest BCUT2D eigenvalue weighted by Crippen LogP contribution is 2.30. The molecule has 5 atom stereocenters. The van der Waals surface area contributed by atoms with E-state index in [0.717, 1.165) is 0 Å². The number of aryl methyl sites for hydroxylation is 1. The molecule has 5 unspecified atom stereocenters. The molecular weight excluding hydrogens is 532 g/mol. The molecule has 2 saturated heterocycles. The minimum atomic E-state index is -0.856. The summed E-state index contributed by atoms with van der Waals surface area (Å²) < 4.78 is 19.0. The van der Waals surface area contributed by atoms with Crippen molar-refractivity contribution in [1.29, 1.82) is 0 Å². The minimum absolute atomic E-state index is 0.00617. The molecule has 0 saturated carbocycles. The van der Waals surface area contributed by atoms with Gasteiger partial charge < -0.3 is 24.6 Å². The number of azide groups is 1. The largest absolute Gasteiger partial charge is 0.463 e. The number of carbonyl (C=O) groups excluding carboxylic acids is 2. The highest BCUT2D eigenvalue weighted by atomic mass is 16.6. The number of aliphatic hydroxyl groups is 1. The number of esters is 1. The fraction of sp³-hybridized carbons (Fsp3) is 0.565. The van der Waals surface area contributed by atoms with Crippen LogP contribution in [-0.4, -0.2) is 67.5 Å². The predicted molar refractivity (Wildman–Crippen MR) is 135 cm³/mol. The van der Waals surface area contributed by atoms with Crippen molar-refractivity contribution in [2.75, 3.05) is 18.5 Å². The van der Waals surface area contributed by atoms with Gasteiger partial charge in [-0.05, 0) is 31.4 Å². The molecule has 4 heterocycles. The molecule has 17 heteroatoms. The first-order valence-corrected chi connectivity index (χ1v) is 12.5. The molecule has 2 aromatic heterocycles. The van der Waals surface area contributed by atoms with Crippen molar-refractivity contribution in [2.24, 2.45) is 5.11 Å². The van der Waals surface area contributed by atoms with Crippen LogP contribution >= 0.6 is 0 Å². The summed E-state index contributed by atoms with van der Waals surface area (Å²) in [4.78, 5) is 69.4. The number of hydrogen-bond donors (Lipinski definition) is 3. The third-order valence-electron chi connectivity index (χ3n) is 6.52. The molecule has 1 amide bonds. The van der Waals surface area contributed by atoms with Crippen molar-refractivity contribution >= 4 is 17.7 Å². The lowest BCUT2D eigenvalue weighted by Crippen LogP contribution is -2.33. The lowest BCUT2D eigenvalue weighted by molar-refractivity contribution is -0.149. The summed E-state index contributed by atoms with van der Waals surface area (Å²) in [5.41, 5.74) is 7.30. The van der Waals surface area contributed by atoms with Crippen LogP contribution in [0.2, 0.25) is 0 Å². The first-order chi connectivity index (χ1) is 19.2. The fourth-order valence-corrected chi connectivity index (χ4v) is 4.42. The van der Waals surface area contributed by atoms with Crippen molar-refractivity contribution in [3.05, 3.63) is 65.8 Å². The van der Waals surface area contributed by atoms with E-state index in [9.17, 15) is 29.1 Å². The molecule has 0 aromatic carbocycles. The number of carbonyl (C=O) groups is 2. The molecule has 3 N–H and O–H groups in total. The van der Waals surface area contributed by atoms with Gasteiger partial charge in [-0.15, -0.1) is 0 Å². The Hall–Kier alpha value is -4.31. The Labute approximate surface area is 225 Å². The number of hydrogen-bond acceptors (Lipinski definition) is 11. The summed E-state index contributed by atoms with van der Waals surface area (Å²) in [5.74, 6) is -1.29. The number of aliphatic hydroxyl groups excluding tert-OH is 1.